The van der Waals surface area contributed by atoms with E-state index in [4.69, 9.17) is 23.2 Å². The molecule has 0 atom stereocenters. The molecule has 0 N–H and O–H groups in total. The second kappa shape index (κ2) is 5.55. The number of halogens is 2. The lowest BCUT2D eigenvalue weighted by atomic mass is 10.1. The van der Waals surface area contributed by atoms with E-state index in [-0.39, 0.29) is 12.3 Å². The van der Waals surface area contributed by atoms with Gasteiger partial charge in [-0.25, -0.2) is 0 Å². The third-order valence-corrected chi connectivity index (χ3v) is 4.33. The second-order valence-corrected chi connectivity index (χ2v) is 5.82. The van der Waals surface area contributed by atoms with Crippen molar-refractivity contribution in [3.63, 3.8) is 0 Å². The van der Waals surface area contributed by atoms with Crippen molar-refractivity contribution in [2.24, 2.45) is 0 Å². The van der Waals surface area contributed by atoms with E-state index in [1.54, 1.807) is 18.2 Å². The van der Waals surface area contributed by atoms with Gasteiger partial charge in [0.05, 0.1) is 16.6 Å². The molecular weight excluding hydrogens is 305 g/mol. The van der Waals surface area contributed by atoms with Gasteiger partial charge in [-0.2, -0.15) is 0 Å². The Balaban J connectivity index is 1.93. The number of benzene rings is 2. The molecule has 0 unspecified atom stereocenters. The lowest BCUT2D eigenvalue weighted by Crippen LogP contribution is -2.09. The van der Waals surface area contributed by atoms with E-state index in [1.165, 1.54) is 10.9 Å². The summed E-state index contributed by atoms with van der Waals surface area (Å²) in [7, 11) is 0. The van der Waals surface area contributed by atoms with E-state index < -0.39 is 0 Å². The third kappa shape index (κ3) is 2.69. The highest BCUT2D eigenvalue weighted by molar-refractivity contribution is 6.42. The Kier molecular flexibility index (Phi) is 3.75. The van der Waals surface area contributed by atoms with Gasteiger partial charge in [0.25, 0.3) is 0 Å². The van der Waals surface area contributed by atoms with Gasteiger partial charge in [0, 0.05) is 22.7 Å². The average Bonchev–Trinajstić information content (AvgIpc) is 2.86. The van der Waals surface area contributed by atoms with Gasteiger partial charge in [-0.05, 0) is 42.8 Å². The molecule has 21 heavy (non-hydrogen) atoms. The zero-order valence-electron chi connectivity index (χ0n) is 11.4. The van der Waals surface area contributed by atoms with Crippen LogP contribution in [-0.2, 0) is 6.54 Å². The van der Waals surface area contributed by atoms with Gasteiger partial charge in [0.15, 0.2) is 5.78 Å². The number of fused-ring (bicyclic) bond motifs is 1. The molecule has 3 aromatic rings. The zero-order chi connectivity index (χ0) is 15.0. The van der Waals surface area contributed by atoms with Crippen molar-refractivity contribution in [3.8, 4) is 0 Å². The molecule has 1 heterocycles. The lowest BCUT2D eigenvalue weighted by Gasteiger charge is -2.06. The molecular formula is C17H13Cl2NO. The molecule has 0 radical (unpaired) electrons. The van der Waals surface area contributed by atoms with Crippen LogP contribution in [-0.4, -0.2) is 10.4 Å². The molecule has 0 aliphatic heterocycles. The molecule has 1 aromatic heterocycles. The van der Waals surface area contributed by atoms with Gasteiger partial charge >= 0.3 is 0 Å². The number of nitrogens with zero attached hydrogens (tertiary/aromatic N) is 1. The predicted molar refractivity (Wildman–Crippen MR) is 87.5 cm³/mol. The Morgan fingerprint density at radius 3 is 2.67 bits per heavy atom. The standard InChI is InChI=1S/C17H13Cl2NO/c1-11-3-2-4-16-13(11)7-8-20(16)10-17(21)12-5-6-14(18)15(19)9-12/h2-9H,10H2,1H3. The molecule has 0 aliphatic rings. The average molecular weight is 318 g/mol. The number of carbonyl (C=O) groups is 1. The highest BCUT2D eigenvalue weighted by Gasteiger charge is 2.11. The molecule has 0 amide bonds. The van der Waals surface area contributed by atoms with Gasteiger partial charge in [0.1, 0.15) is 0 Å². The lowest BCUT2D eigenvalue weighted by molar-refractivity contribution is 0.0973. The largest absolute Gasteiger partial charge is 0.340 e. The predicted octanol–water partition coefficient (Wildman–Crippen LogP) is 5.14. The van der Waals surface area contributed by atoms with E-state index >= 15 is 0 Å². The van der Waals surface area contributed by atoms with E-state index in [0.29, 0.717) is 15.6 Å². The van der Waals surface area contributed by atoms with Crippen LogP contribution >= 0.6 is 23.2 Å². The molecule has 4 heteroatoms. The van der Waals surface area contributed by atoms with Crippen molar-refractivity contribution in [1.29, 1.82) is 0 Å². The molecule has 2 nitrogen and oxygen atoms in total. The number of hydrogen-bond acceptors (Lipinski definition) is 1. The summed E-state index contributed by atoms with van der Waals surface area (Å²) < 4.78 is 1.95. The van der Waals surface area contributed by atoms with Gasteiger partial charge in [-0.3, -0.25) is 4.79 Å². The Morgan fingerprint density at radius 1 is 1.10 bits per heavy atom. The van der Waals surface area contributed by atoms with Crippen LogP contribution in [0.4, 0.5) is 0 Å². The first-order valence-corrected chi connectivity index (χ1v) is 7.34. The van der Waals surface area contributed by atoms with Crippen LogP contribution in [0.15, 0.2) is 48.7 Å². The number of ketones is 1. The first-order chi connectivity index (χ1) is 10.1. The number of aromatic nitrogens is 1. The van der Waals surface area contributed by atoms with Gasteiger partial charge < -0.3 is 4.57 Å². The summed E-state index contributed by atoms with van der Waals surface area (Å²) in [5.74, 6) is 0.00701. The minimum Gasteiger partial charge on any atom is -0.340 e. The number of rotatable bonds is 3. The van der Waals surface area contributed by atoms with Crippen LogP contribution in [0.5, 0.6) is 0 Å². The first-order valence-electron chi connectivity index (χ1n) is 6.59. The van der Waals surface area contributed by atoms with E-state index in [1.807, 2.05) is 29.0 Å². The maximum atomic E-state index is 12.4. The molecule has 106 valence electrons. The van der Waals surface area contributed by atoms with Crippen LogP contribution in [0.2, 0.25) is 10.0 Å². The quantitative estimate of drug-likeness (QED) is 0.613. The van der Waals surface area contributed by atoms with E-state index in [2.05, 4.69) is 13.0 Å². The van der Waals surface area contributed by atoms with Crippen molar-refractivity contribution < 1.29 is 4.79 Å². The Hall–Kier alpha value is -1.77. The monoisotopic (exact) mass is 317 g/mol. The minimum absolute atomic E-state index is 0.00701. The summed E-state index contributed by atoms with van der Waals surface area (Å²) in [6.45, 7) is 2.35. The number of Topliss-reactive ketones (excluding diaryl/α,β-unsaturated/α-hetero) is 1. The van der Waals surface area contributed by atoms with Gasteiger partial charge in [0.2, 0.25) is 0 Å². The highest BCUT2D eigenvalue weighted by Crippen LogP contribution is 2.24. The van der Waals surface area contributed by atoms with E-state index in [9.17, 15) is 4.79 Å². The molecule has 2 aromatic carbocycles. The van der Waals surface area contributed by atoms with E-state index in [0.717, 1.165) is 5.52 Å². The maximum Gasteiger partial charge on any atom is 0.182 e. The van der Waals surface area contributed by atoms with Crippen molar-refractivity contribution >= 4 is 39.9 Å². The van der Waals surface area contributed by atoms with Crippen LogP contribution in [0.1, 0.15) is 15.9 Å². The Bertz CT molecular complexity index is 836. The molecule has 0 saturated heterocycles. The van der Waals surface area contributed by atoms with Crippen molar-refractivity contribution in [3.05, 3.63) is 69.8 Å². The summed E-state index contributed by atoms with van der Waals surface area (Å²) in [4.78, 5) is 12.4. The number of aryl methyl sites for hydroxylation is 1. The number of hydrogen-bond donors (Lipinski definition) is 0. The zero-order valence-corrected chi connectivity index (χ0v) is 12.9. The van der Waals surface area contributed by atoms with Crippen molar-refractivity contribution in [2.75, 3.05) is 0 Å². The highest BCUT2D eigenvalue weighted by atomic mass is 35.5. The van der Waals surface area contributed by atoms with Crippen LogP contribution in [0, 0.1) is 6.92 Å². The molecule has 0 aliphatic carbocycles. The maximum absolute atomic E-state index is 12.4. The normalized spacial score (nSPS) is 11.0. The molecule has 0 saturated carbocycles. The summed E-state index contributed by atoms with van der Waals surface area (Å²) in [5, 5.41) is 2.02. The minimum atomic E-state index is 0.00701. The molecule has 0 spiro atoms. The molecule has 0 bridgehead atoms. The fourth-order valence-electron chi connectivity index (χ4n) is 2.43. The molecule has 3 rings (SSSR count). The van der Waals surface area contributed by atoms with Crippen LogP contribution in [0.3, 0.4) is 0 Å². The Morgan fingerprint density at radius 2 is 1.90 bits per heavy atom. The van der Waals surface area contributed by atoms with Crippen molar-refractivity contribution in [1.82, 2.24) is 4.57 Å². The summed E-state index contributed by atoms with van der Waals surface area (Å²) in [5.41, 5.74) is 2.83. The third-order valence-electron chi connectivity index (χ3n) is 3.59. The van der Waals surface area contributed by atoms with Gasteiger partial charge in [-0.15, -0.1) is 0 Å². The molecule has 0 fully saturated rings. The topological polar surface area (TPSA) is 22.0 Å². The van der Waals surface area contributed by atoms with Gasteiger partial charge in [-0.1, -0.05) is 35.3 Å². The number of carbonyl (C=O) groups excluding carboxylic acids is 1. The van der Waals surface area contributed by atoms with Crippen molar-refractivity contribution in [2.45, 2.75) is 13.5 Å². The first kappa shape index (κ1) is 14.2. The summed E-state index contributed by atoms with van der Waals surface area (Å²) in [6, 6.07) is 13.1. The van der Waals surface area contributed by atoms with Crippen LogP contribution in [0.25, 0.3) is 10.9 Å². The Labute approximate surface area is 132 Å². The SMILES string of the molecule is Cc1cccc2c1ccn2CC(=O)c1ccc(Cl)c(Cl)c1. The second-order valence-electron chi connectivity index (χ2n) is 5.00. The van der Waals surface area contributed by atoms with Crippen LogP contribution < -0.4 is 0 Å². The summed E-state index contributed by atoms with van der Waals surface area (Å²) >= 11 is 11.8. The summed E-state index contributed by atoms with van der Waals surface area (Å²) in [6.07, 6.45) is 1.94. The smallest absolute Gasteiger partial charge is 0.182 e. The fraction of sp³-hybridized carbons (Fsp3) is 0.118. The fourth-order valence-corrected chi connectivity index (χ4v) is 2.73.